The second kappa shape index (κ2) is 7.23. The van der Waals surface area contributed by atoms with Crippen LogP contribution in [-0.4, -0.2) is 5.91 Å². The average Bonchev–Trinajstić information content (AvgIpc) is 3.05. The lowest BCUT2D eigenvalue weighted by Crippen LogP contribution is -2.14. The summed E-state index contributed by atoms with van der Waals surface area (Å²) in [5.74, 6) is 0.649. The topological polar surface area (TPSA) is 51.5 Å². The van der Waals surface area contributed by atoms with Gasteiger partial charge in [-0.25, -0.2) is 0 Å². The van der Waals surface area contributed by atoms with Crippen LogP contribution < -0.4 is 10.1 Å². The smallest absolute Gasteiger partial charge is 0.291 e. The Morgan fingerprint density at radius 3 is 2.71 bits per heavy atom. The van der Waals surface area contributed by atoms with Crippen LogP contribution in [0.5, 0.6) is 5.75 Å². The van der Waals surface area contributed by atoms with Gasteiger partial charge in [0, 0.05) is 16.3 Å². The van der Waals surface area contributed by atoms with Crippen molar-refractivity contribution in [3.05, 3.63) is 82.8 Å². The first-order valence-corrected chi connectivity index (χ1v) is 7.83. The number of furan rings is 1. The van der Waals surface area contributed by atoms with Crippen LogP contribution in [0.25, 0.3) is 0 Å². The standard InChI is InChI=1S/C19H16ClNO3/c1-13-11-15(20)7-8-17(13)21-19(22)18-14(9-10-23-18)12-24-16-5-3-2-4-6-16/h2-11H,12H2,1H3,(H,21,22). The number of carbonyl (C=O) groups excluding carboxylic acids is 1. The molecule has 1 aromatic heterocycles. The molecule has 3 aromatic rings. The van der Waals surface area contributed by atoms with E-state index in [2.05, 4.69) is 5.32 Å². The summed E-state index contributed by atoms with van der Waals surface area (Å²) in [6.07, 6.45) is 1.48. The third-order valence-electron chi connectivity index (χ3n) is 3.53. The highest BCUT2D eigenvalue weighted by Gasteiger charge is 2.17. The number of halogens is 1. The zero-order valence-electron chi connectivity index (χ0n) is 13.1. The van der Waals surface area contributed by atoms with Gasteiger partial charge in [0.25, 0.3) is 5.91 Å². The summed E-state index contributed by atoms with van der Waals surface area (Å²) in [7, 11) is 0. The molecule has 1 heterocycles. The Balaban J connectivity index is 1.71. The summed E-state index contributed by atoms with van der Waals surface area (Å²) in [5.41, 5.74) is 2.25. The fourth-order valence-electron chi connectivity index (χ4n) is 2.27. The second-order valence-electron chi connectivity index (χ2n) is 5.29. The maximum atomic E-state index is 12.5. The van der Waals surface area contributed by atoms with Crippen LogP contribution in [0.3, 0.4) is 0 Å². The van der Waals surface area contributed by atoms with Crippen molar-refractivity contribution in [2.24, 2.45) is 0 Å². The molecular weight excluding hydrogens is 326 g/mol. The van der Waals surface area contributed by atoms with Gasteiger partial charge < -0.3 is 14.5 Å². The minimum atomic E-state index is -0.322. The molecule has 0 aliphatic carbocycles. The lowest BCUT2D eigenvalue weighted by molar-refractivity contribution is 0.0993. The largest absolute Gasteiger partial charge is 0.489 e. The molecule has 0 aliphatic rings. The predicted octanol–water partition coefficient (Wildman–Crippen LogP) is 5.07. The molecule has 0 unspecified atom stereocenters. The Labute approximate surface area is 145 Å². The molecule has 0 saturated carbocycles. The van der Waals surface area contributed by atoms with Crippen molar-refractivity contribution in [2.45, 2.75) is 13.5 Å². The van der Waals surface area contributed by atoms with Gasteiger partial charge in [0.2, 0.25) is 0 Å². The van der Waals surface area contributed by atoms with Gasteiger partial charge >= 0.3 is 0 Å². The molecule has 122 valence electrons. The fraction of sp³-hybridized carbons (Fsp3) is 0.105. The summed E-state index contributed by atoms with van der Waals surface area (Å²) < 4.78 is 11.0. The van der Waals surface area contributed by atoms with Gasteiger partial charge in [-0.2, -0.15) is 0 Å². The first-order valence-electron chi connectivity index (χ1n) is 7.45. The van der Waals surface area contributed by atoms with Crippen molar-refractivity contribution < 1.29 is 13.9 Å². The molecule has 0 spiro atoms. The number of benzene rings is 2. The van der Waals surface area contributed by atoms with E-state index in [1.807, 2.05) is 37.3 Å². The highest BCUT2D eigenvalue weighted by Crippen LogP contribution is 2.22. The van der Waals surface area contributed by atoms with E-state index in [-0.39, 0.29) is 18.3 Å². The lowest BCUT2D eigenvalue weighted by Gasteiger charge is -2.09. The molecule has 3 rings (SSSR count). The molecule has 0 atom stereocenters. The number of aryl methyl sites for hydroxylation is 1. The van der Waals surface area contributed by atoms with Crippen molar-refractivity contribution >= 4 is 23.2 Å². The highest BCUT2D eigenvalue weighted by atomic mass is 35.5. The van der Waals surface area contributed by atoms with Gasteiger partial charge in [-0.3, -0.25) is 4.79 Å². The second-order valence-corrected chi connectivity index (χ2v) is 5.73. The van der Waals surface area contributed by atoms with Gasteiger partial charge in [-0.15, -0.1) is 0 Å². The van der Waals surface area contributed by atoms with E-state index in [0.29, 0.717) is 16.3 Å². The molecule has 5 heteroatoms. The van der Waals surface area contributed by atoms with E-state index in [0.717, 1.165) is 11.3 Å². The molecule has 24 heavy (non-hydrogen) atoms. The molecule has 4 nitrogen and oxygen atoms in total. The molecule has 0 aliphatic heterocycles. The lowest BCUT2D eigenvalue weighted by atomic mass is 10.2. The van der Waals surface area contributed by atoms with Crippen molar-refractivity contribution in [3.63, 3.8) is 0 Å². The Hall–Kier alpha value is -2.72. The van der Waals surface area contributed by atoms with Gasteiger partial charge in [-0.1, -0.05) is 29.8 Å². The summed E-state index contributed by atoms with van der Waals surface area (Å²) in [4.78, 5) is 12.5. The molecular formula is C19H16ClNO3. The van der Waals surface area contributed by atoms with Crippen molar-refractivity contribution in [3.8, 4) is 5.75 Å². The molecule has 1 amide bonds. The Kier molecular flexibility index (Phi) is 4.87. The number of amides is 1. The van der Waals surface area contributed by atoms with E-state index < -0.39 is 0 Å². The number of para-hydroxylation sites is 1. The summed E-state index contributed by atoms with van der Waals surface area (Å²) in [6.45, 7) is 2.13. The van der Waals surface area contributed by atoms with E-state index in [1.54, 1.807) is 24.3 Å². The number of rotatable bonds is 5. The van der Waals surface area contributed by atoms with Crippen molar-refractivity contribution in [2.75, 3.05) is 5.32 Å². The first kappa shape index (κ1) is 16.1. The Morgan fingerprint density at radius 1 is 1.17 bits per heavy atom. The third kappa shape index (κ3) is 3.78. The first-order chi connectivity index (χ1) is 11.6. The molecule has 2 aromatic carbocycles. The van der Waals surface area contributed by atoms with Crippen LogP contribution >= 0.6 is 11.6 Å². The SMILES string of the molecule is Cc1cc(Cl)ccc1NC(=O)c1occc1COc1ccccc1. The van der Waals surface area contributed by atoms with Gasteiger partial charge in [-0.05, 0) is 48.9 Å². The molecule has 0 radical (unpaired) electrons. The van der Waals surface area contributed by atoms with Gasteiger partial charge in [0.1, 0.15) is 12.4 Å². The maximum absolute atomic E-state index is 12.5. The number of nitrogens with one attached hydrogen (secondary N) is 1. The maximum Gasteiger partial charge on any atom is 0.291 e. The zero-order valence-corrected chi connectivity index (χ0v) is 13.8. The van der Waals surface area contributed by atoms with E-state index >= 15 is 0 Å². The normalized spacial score (nSPS) is 10.4. The summed E-state index contributed by atoms with van der Waals surface area (Å²) in [5, 5.41) is 3.46. The van der Waals surface area contributed by atoms with Crippen LogP contribution in [0.15, 0.2) is 65.3 Å². The van der Waals surface area contributed by atoms with Crippen molar-refractivity contribution in [1.29, 1.82) is 0 Å². The van der Waals surface area contributed by atoms with E-state index in [1.165, 1.54) is 6.26 Å². The zero-order chi connectivity index (χ0) is 16.9. The number of ether oxygens (including phenoxy) is 1. The average molecular weight is 342 g/mol. The predicted molar refractivity (Wildman–Crippen MR) is 93.6 cm³/mol. The molecule has 0 fully saturated rings. The molecule has 0 saturated heterocycles. The van der Waals surface area contributed by atoms with E-state index in [4.69, 9.17) is 20.8 Å². The van der Waals surface area contributed by atoms with Crippen molar-refractivity contribution in [1.82, 2.24) is 0 Å². The number of hydrogen-bond donors (Lipinski definition) is 1. The Morgan fingerprint density at radius 2 is 1.96 bits per heavy atom. The van der Waals surface area contributed by atoms with Gasteiger partial charge in [0.05, 0.1) is 6.26 Å². The quantitative estimate of drug-likeness (QED) is 0.704. The monoisotopic (exact) mass is 341 g/mol. The van der Waals surface area contributed by atoms with Crippen LogP contribution in [0.2, 0.25) is 5.02 Å². The molecule has 1 N–H and O–H groups in total. The minimum Gasteiger partial charge on any atom is -0.489 e. The third-order valence-corrected chi connectivity index (χ3v) is 3.76. The van der Waals surface area contributed by atoms with E-state index in [9.17, 15) is 4.79 Å². The van der Waals surface area contributed by atoms with Crippen LogP contribution in [0.1, 0.15) is 21.7 Å². The number of carbonyl (C=O) groups is 1. The van der Waals surface area contributed by atoms with Crippen LogP contribution in [0.4, 0.5) is 5.69 Å². The highest BCUT2D eigenvalue weighted by molar-refractivity contribution is 6.30. The number of hydrogen-bond acceptors (Lipinski definition) is 3. The van der Waals surface area contributed by atoms with Crippen LogP contribution in [0, 0.1) is 6.92 Å². The van der Waals surface area contributed by atoms with Gasteiger partial charge in [0.15, 0.2) is 5.76 Å². The fourth-order valence-corrected chi connectivity index (χ4v) is 2.50. The summed E-state index contributed by atoms with van der Waals surface area (Å²) >= 11 is 5.93. The number of anilines is 1. The minimum absolute atomic E-state index is 0.236. The molecule has 0 bridgehead atoms. The Bertz CT molecular complexity index is 843. The van der Waals surface area contributed by atoms with Crippen LogP contribution in [-0.2, 0) is 6.61 Å². The summed E-state index contributed by atoms with van der Waals surface area (Å²) in [6, 6.07) is 16.4.